The molecule has 0 aliphatic rings. The van der Waals surface area contributed by atoms with Gasteiger partial charge in [0.2, 0.25) is 5.91 Å². The molecule has 0 bridgehead atoms. The van der Waals surface area contributed by atoms with Crippen molar-refractivity contribution >= 4 is 45.6 Å². The SMILES string of the molecule is CC[C@H](N)C(=O)NCCc1ccc(Br)s1.Cl. The van der Waals surface area contributed by atoms with E-state index in [1.54, 1.807) is 11.3 Å². The molecular weight excluding hydrogens is 312 g/mol. The van der Waals surface area contributed by atoms with Crippen molar-refractivity contribution in [3.8, 4) is 0 Å². The maximum absolute atomic E-state index is 11.3. The van der Waals surface area contributed by atoms with Crippen LogP contribution in [0.15, 0.2) is 15.9 Å². The fourth-order valence-corrected chi connectivity index (χ4v) is 2.59. The molecule has 1 rings (SSSR count). The van der Waals surface area contributed by atoms with Gasteiger partial charge in [-0.2, -0.15) is 0 Å². The van der Waals surface area contributed by atoms with Crippen LogP contribution in [0.1, 0.15) is 18.2 Å². The molecule has 0 saturated heterocycles. The lowest BCUT2D eigenvalue weighted by Gasteiger charge is -2.08. The highest BCUT2D eigenvalue weighted by atomic mass is 79.9. The number of halogens is 2. The Bertz CT molecular complexity index is 332. The highest BCUT2D eigenvalue weighted by molar-refractivity contribution is 9.11. The van der Waals surface area contributed by atoms with Crippen LogP contribution in [0.4, 0.5) is 0 Å². The molecule has 0 saturated carbocycles. The average Bonchev–Trinajstić information content (AvgIpc) is 2.63. The summed E-state index contributed by atoms with van der Waals surface area (Å²) in [6.07, 6.45) is 1.54. The summed E-state index contributed by atoms with van der Waals surface area (Å²) in [6, 6.07) is 3.69. The topological polar surface area (TPSA) is 55.1 Å². The number of hydrogen-bond donors (Lipinski definition) is 2. The second-order valence-corrected chi connectivity index (χ2v) is 5.81. The predicted molar refractivity (Wildman–Crippen MR) is 74.2 cm³/mol. The molecule has 0 aromatic carbocycles. The molecule has 0 unspecified atom stereocenters. The minimum Gasteiger partial charge on any atom is -0.354 e. The van der Waals surface area contributed by atoms with Crippen molar-refractivity contribution in [2.24, 2.45) is 5.73 Å². The quantitative estimate of drug-likeness (QED) is 0.872. The molecule has 1 aromatic rings. The van der Waals surface area contributed by atoms with Gasteiger partial charge in [-0.3, -0.25) is 4.79 Å². The molecule has 0 radical (unpaired) electrons. The number of nitrogens with two attached hydrogens (primary N) is 1. The molecule has 16 heavy (non-hydrogen) atoms. The van der Waals surface area contributed by atoms with Gasteiger partial charge in [0.1, 0.15) is 0 Å². The van der Waals surface area contributed by atoms with Crippen LogP contribution in [-0.2, 0) is 11.2 Å². The fraction of sp³-hybridized carbons (Fsp3) is 0.500. The van der Waals surface area contributed by atoms with E-state index in [2.05, 4.69) is 27.3 Å². The van der Waals surface area contributed by atoms with Crippen LogP contribution in [0.3, 0.4) is 0 Å². The summed E-state index contributed by atoms with van der Waals surface area (Å²) >= 11 is 5.09. The molecule has 92 valence electrons. The van der Waals surface area contributed by atoms with Crippen molar-refractivity contribution in [1.82, 2.24) is 5.32 Å². The fourth-order valence-electron chi connectivity index (χ4n) is 1.11. The van der Waals surface area contributed by atoms with E-state index in [1.807, 2.05) is 13.0 Å². The van der Waals surface area contributed by atoms with Crippen LogP contribution < -0.4 is 11.1 Å². The van der Waals surface area contributed by atoms with Gasteiger partial charge < -0.3 is 11.1 Å². The van der Waals surface area contributed by atoms with E-state index in [0.29, 0.717) is 13.0 Å². The summed E-state index contributed by atoms with van der Waals surface area (Å²) in [5.41, 5.74) is 5.58. The van der Waals surface area contributed by atoms with Crippen LogP contribution in [0.2, 0.25) is 0 Å². The first-order chi connectivity index (χ1) is 7.13. The summed E-state index contributed by atoms with van der Waals surface area (Å²) in [7, 11) is 0. The monoisotopic (exact) mass is 326 g/mol. The van der Waals surface area contributed by atoms with Gasteiger partial charge in [0.05, 0.1) is 9.83 Å². The molecule has 0 aliphatic carbocycles. The Morgan fingerprint density at radius 1 is 1.62 bits per heavy atom. The second kappa shape index (κ2) is 8.06. The smallest absolute Gasteiger partial charge is 0.236 e. The van der Waals surface area contributed by atoms with Crippen molar-refractivity contribution in [2.75, 3.05) is 6.54 Å². The summed E-state index contributed by atoms with van der Waals surface area (Å²) in [6.45, 7) is 2.56. The first kappa shape index (κ1) is 15.9. The lowest BCUT2D eigenvalue weighted by molar-refractivity contribution is -0.122. The van der Waals surface area contributed by atoms with Crippen molar-refractivity contribution in [2.45, 2.75) is 25.8 Å². The number of rotatable bonds is 5. The van der Waals surface area contributed by atoms with Gasteiger partial charge in [0, 0.05) is 11.4 Å². The number of carbonyl (C=O) groups is 1. The summed E-state index contributed by atoms with van der Waals surface area (Å²) in [5, 5.41) is 2.82. The van der Waals surface area contributed by atoms with Crippen LogP contribution in [-0.4, -0.2) is 18.5 Å². The van der Waals surface area contributed by atoms with Crippen LogP contribution >= 0.6 is 39.7 Å². The van der Waals surface area contributed by atoms with Crippen LogP contribution in [0, 0.1) is 0 Å². The normalized spacial score (nSPS) is 11.7. The first-order valence-corrected chi connectivity index (χ1v) is 6.52. The number of thiophene rings is 1. The molecular formula is C10H16BrClN2OS. The second-order valence-electron chi connectivity index (χ2n) is 3.26. The molecule has 3 nitrogen and oxygen atoms in total. The van der Waals surface area contributed by atoms with Crippen LogP contribution in [0.25, 0.3) is 0 Å². The zero-order valence-corrected chi connectivity index (χ0v) is 12.3. The Hall–Kier alpha value is -0.100. The van der Waals surface area contributed by atoms with Gasteiger partial charge in [-0.25, -0.2) is 0 Å². The third-order valence-corrected chi connectivity index (χ3v) is 3.76. The first-order valence-electron chi connectivity index (χ1n) is 4.91. The largest absolute Gasteiger partial charge is 0.354 e. The van der Waals surface area contributed by atoms with E-state index < -0.39 is 0 Å². The minimum absolute atomic E-state index is 0. The zero-order chi connectivity index (χ0) is 11.3. The maximum atomic E-state index is 11.3. The van der Waals surface area contributed by atoms with Crippen molar-refractivity contribution in [1.29, 1.82) is 0 Å². The highest BCUT2D eigenvalue weighted by Gasteiger charge is 2.09. The molecule has 6 heteroatoms. The number of hydrogen-bond acceptors (Lipinski definition) is 3. The molecule has 0 aliphatic heterocycles. The van der Waals surface area contributed by atoms with E-state index in [4.69, 9.17) is 5.73 Å². The van der Waals surface area contributed by atoms with E-state index in [1.165, 1.54) is 4.88 Å². The molecule has 0 spiro atoms. The van der Waals surface area contributed by atoms with Crippen molar-refractivity contribution in [3.63, 3.8) is 0 Å². The lowest BCUT2D eigenvalue weighted by Crippen LogP contribution is -2.40. The van der Waals surface area contributed by atoms with E-state index >= 15 is 0 Å². The Balaban J connectivity index is 0.00000225. The molecule has 3 N–H and O–H groups in total. The number of nitrogens with one attached hydrogen (secondary N) is 1. The standard InChI is InChI=1S/C10H15BrN2OS.ClH/c1-2-8(12)10(14)13-6-5-7-3-4-9(11)15-7;/h3-4,8H,2,5-6,12H2,1H3,(H,13,14);1H/t8-;/m0./s1. The van der Waals surface area contributed by atoms with E-state index in [0.717, 1.165) is 10.2 Å². The van der Waals surface area contributed by atoms with Gasteiger partial charge in [-0.1, -0.05) is 6.92 Å². The van der Waals surface area contributed by atoms with Crippen molar-refractivity contribution in [3.05, 3.63) is 20.8 Å². The third-order valence-electron chi connectivity index (χ3n) is 2.08. The maximum Gasteiger partial charge on any atom is 0.236 e. The van der Waals surface area contributed by atoms with Gasteiger partial charge in [-0.15, -0.1) is 23.7 Å². The van der Waals surface area contributed by atoms with Gasteiger partial charge >= 0.3 is 0 Å². The minimum atomic E-state index is -0.375. The molecule has 1 amide bonds. The predicted octanol–water partition coefficient (Wildman–Crippen LogP) is 2.33. The number of carbonyl (C=O) groups excluding carboxylic acids is 1. The Labute approximate surface area is 114 Å². The van der Waals surface area contributed by atoms with E-state index in [-0.39, 0.29) is 24.4 Å². The van der Waals surface area contributed by atoms with Gasteiger partial charge in [0.25, 0.3) is 0 Å². The molecule has 1 atom stereocenters. The zero-order valence-electron chi connectivity index (χ0n) is 9.03. The number of amides is 1. The van der Waals surface area contributed by atoms with Crippen molar-refractivity contribution < 1.29 is 4.79 Å². The highest BCUT2D eigenvalue weighted by Crippen LogP contribution is 2.21. The molecule has 1 heterocycles. The summed E-state index contributed by atoms with van der Waals surface area (Å²) < 4.78 is 1.12. The van der Waals surface area contributed by atoms with Gasteiger partial charge in [-0.05, 0) is 40.9 Å². The van der Waals surface area contributed by atoms with E-state index in [9.17, 15) is 4.79 Å². The Kier molecular flexibility index (Phi) is 8.01. The van der Waals surface area contributed by atoms with Crippen LogP contribution in [0.5, 0.6) is 0 Å². The molecule has 1 aromatic heterocycles. The molecule has 0 fully saturated rings. The average molecular weight is 328 g/mol. The summed E-state index contributed by atoms with van der Waals surface area (Å²) in [4.78, 5) is 12.6. The Morgan fingerprint density at radius 2 is 2.31 bits per heavy atom. The lowest BCUT2D eigenvalue weighted by atomic mass is 10.2. The summed E-state index contributed by atoms with van der Waals surface area (Å²) in [5.74, 6) is -0.0619. The third kappa shape index (κ3) is 5.30. The Morgan fingerprint density at radius 3 is 2.81 bits per heavy atom. The van der Waals surface area contributed by atoms with Gasteiger partial charge in [0.15, 0.2) is 0 Å².